The fraction of sp³-hybridized carbons (Fsp3) is 0.231. The Morgan fingerprint density at radius 3 is 3.00 bits per heavy atom. The van der Waals surface area contributed by atoms with Gasteiger partial charge in [0, 0.05) is 18.0 Å². The van der Waals surface area contributed by atoms with Gasteiger partial charge in [0.25, 0.3) is 0 Å². The molecule has 1 heterocycles. The summed E-state index contributed by atoms with van der Waals surface area (Å²) in [5, 5.41) is 4.98. The Labute approximate surface area is 105 Å². The molecule has 0 aliphatic carbocycles. The molecule has 1 amide bonds. The van der Waals surface area contributed by atoms with Crippen LogP contribution in [0.3, 0.4) is 0 Å². The Bertz CT molecular complexity index is 587. The lowest BCUT2D eigenvalue weighted by atomic mass is 10.2. The van der Waals surface area contributed by atoms with Gasteiger partial charge in [0.05, 0.1) is 18.5 Å². The number of fused-ring (bicyclic) bond motifs is 1. The number of benzene rings is 1. The Kier molecular flexibility index (Phi) is 3.62. The smallest absolute Gasteiger partial charge is 0.427 e. The van der Waals surface area contributed by atoms with E-state index in [-0.39, 0.29) is 0 Å². The van der Waals surface area contributed by atoms with E-state index in [9.17, 15) is 4.79 Å². The molecular weight excluding hydrogens is 230 g/mol. The third-order valence-electron chi connectivity index (χ3n) is 2.62. The average Bonchev–Trinajstić information content (AvgIpc) is 2.68. The molecule has 0 unspecified atom stereocenters. The molecule has 2 rings (SSSR count). The van der Waals surface area contributed by atoms with Crippen molar-refractivity contribution in [3.05, 3.63) is 36.0 Å². The van der Waals surface area contributed by atoms with Gasteiger partial charge in [-0.15, -0.1) is 0 Å². The van der Waals surface area contributed by atoms with E-state index in [1.54, 1.807) is 13.1 Å². The molecule has 0 atom stereocenters. The predicted molar refractivity (Wildman–Crippen MR) is 70.7 cm³/mol. The van der Waals surface area contributed by atoms with Gasteiger partial charge in [-0.1, -0.05) is 18.2 Å². The molecule has 0 saturated heterocycles. The van der Waals surface area contributed by atoms with E-state index < -0.39 is 6.09 Å². The number of nitrogens with zero attached hydrogens (tertiary/aromatic N) is 2. The Hall–Kier alpha value is -2.30. The summed E-state index contributed by atoms with van der Waals surface area (Å²) in [6, 6.07) is 10.0. The number of ether oxygens (including phenoxy) is 1. The van der Waals surface area contributed by atoms with Crippen molar-refractivity contribution >= 4 is 23.2 Å². The maximum absolute atomic E-state index is 11.0. The number of aryl methyl sites for hydroxylation is 1. The number of para-hydroxylation sites is 1. The summed E-state index contributed by atoms with van der Waals surface area (Å²) < 4.78 is 6.70. The van der Waals surface area contributed by atoms with Crippen LogP contribution in [0.5, 0.6) is 0 Å². The number of hydrogen-bond acceptors (Lipinski definition) is 3. The van der Waals surface area contributed by atoms with Crippen LogP contribution in [0.1, 0.15) is 12.6 Å². The van der Waals surface area contributed by atoms with Crippen LogP contribution in [0.15, 0.2) is 35.4 Å². The molecule has 1 aromatic heterocycles. The summed E-state index contributed by atoms with van der Waals surface area (Å²) in [4.78, 5) is 11.0. The molecule has 0 aliphatic rings. The zero-order chi connectivity index (χ0) is 13.0. The fourth-order valence-electron chi connectivity index (χ4n) is 1.75. The number of carbonyl (C=O) groups excluding carboxylic acids is 1. The first-order chi connectivity index (χ1) is 8.72. The van der Waals surface area contributed by atoms with Crippen LogP contribution in [0.4, 0.5) is 4.79 Å². The fourth-order valence-corrected chi connectivity index (χ4v) is 1.75. The van der Waals surface area contributed by atoms with E-state index >= 15 is 0 Å². The number of aromatic nitrogens is 1. The predicted octanol–water partition coefficient (Wildman–Crippen LogP) is 2.26. The third-order valence-corrected chi connectivity index (χ3v) is 2.62. The second kappa shape index (κ2) is 5.35. The van der Waals surface area contributed by atoms with Crippen molar-refractivity contribution in [2.75, 3.05) is 6.61 Å². The highest BCUT2D eigenvalue weighted by molar-refractivity contribution is 5.90. The van der Waals surface area contributed by atoms with Crippen LogP contribution in [-0.4, -0.2) is 23.5 Å². The molecule has 5 heteroatoms. The maximum atomic E-state index is 11.0. The van der Waals surface area contributed by atoms with Crippen molar-refractivity contribution in [3.8, 4) is 0 Å². The van der Waals surface area contributed by atoms with Crippen LogP contribution in [0.25, 0.3) is 10.9 Å². The van der Waals surface area contributed by atoms with Crippen molar-refractivity contribution in [1.29, 1.82) is 0 Å². The number of rotatable bonds is 3. The van der Waals surface area contributed by atoms with Gasteiger partial charge < -0.3 is 9.30 Å². The topological polar surface area (TPSA) is 55.6 Å². The Morgan fingerprint density at radius 2 is 2.28 bits per heavy atom. The molecule has 5 nitrogen and oxygen atoms in total. The summed E-state index contributed by atoms with van der Waals surface area (Å²) >= 11 is 0. The lowest BCUT2D eigenvalue weighted by Crippen LogP contribution is -2.18. The highest BCUT2D eigenvalue weighted by atomic mass is 16.5. The zero-order valence-electron chi connectivity index (χ0n) is 10.4. The number of carbonyl (C=O) groups is 1. The summed E-state index contributed by atoms with van der Waals surface area (Å²) in [7, 11) is 1.95. The number of hydrazone groups is 1. The molecule has 2 aromatic rings. The van der Waals surface area contributed by atoms with Crippen LogP contribution >= 0.6 is 0 Å². The lowest BCUT2D eigenvalue weighted by Gasteiger charge is -2.00. The van der Waals surface area contributed by atoms with Gasteiger partial charge in [0.1, 0.15) is 0 Å². The van der Waals surface area contributed by atoms with Gasteiger partial charge in [-0.2, -0.15) is 5.10 Å². The van der Waals surface area contributed by atoms with Crippen molar-refractivity contribution in [1.82, 2.24) is 9.99 Å². The molecule has 94 valence electrons. The van der Waals surface area contributed by atoms with E-state index in [1.807, 2.05) is 41.9 Å². The molecule has 1 aromatic carbocycles. The molecular formula is C13H15N3O2. The first-order valence-electron chi connectivity index (χ1n) is 5.72. The first kappa shape index (κ1) is 12.2. The second-order valence-corrected chi connectivity index (χ2v) is 3.78. The minimum Gasteiger partial charge on any atom is -0.449 e. The van der Waals surface area contributed by atoms with Crippen LogP contribution in [-0.2, 0) is 11.8 Å². The lowest BCUT2D eigenvalue weighted by molar-refractivity contribution is 0.152. The maximum Gasteiger partial charge on any atom is 0.427 e. The Morgan fingerprint density at radius 1 is 1.50 bits per heavy atom. The number of nitrogens with one attached hydrogen (secondary N) is 1. The zero-order valence-corrected chi connectivity index (χ0v) is 10.4. The minimum absolute atomic E-state index is 0.329. The van der Waals surface area contributed by atoms with Crippen LogP contribution in [0, 0.1) is 0 Å². The molecule has 1 N–H and O–H groups in total. The standard InChI is InChI=1S/C13H15N3O2/c1-3-18-13(17)15-14-9-11-8-10-6-4-5-7-12(10)16(11)2/h4-9H,3H2,1-2H3,(H,15,17). The minimum atomic E-state index is -0.549. The third kappa shape index (κ3) is 2.51. The van der Waals surface area contributed by atoms with Crippen molar-refractivity contribution in [3.63, 3.8) is 0 Å². The molecule has 0 aliphatic heterocycles. The molecule has 18 heavy (non-hydrogen) atoms. The van der Waals surface area contributed by atoms with Gasteiger partial charge in [-0.25, -0.2) is 10.2 Å². The van der Waals surface area contributed by atoms with E-state index in [0.717, 1.165) is 16.6 Å². The van der Waals surface area contributed by atoms with Crippen LogP contribution in [0.2, 0.25) is 0 Å². The molecule has 0 bridgehead atoms. The largest absolute Gasteiger partial charge is 0.449 e. The monoisotopic (exact) mass is 245 g/mol. The van der Waals surface area contributed by atoms with Gasteiger partial charge in [-0.3, -0.25) is 0 Å². The summed E-state index contributed by atoms with van der Waals surface area (Å²) in [5.74, 6) is 0. The molecule has 0 saturated carbocycles. The van der Waals surface area contributed by atoms with Crippen LogP contribution < -0.4 is 5.43 Å². The normalized spacial score (nSPS) is 11.0. The van der Waals surface area contributed by atoms with E-state index in [1.165, 1.54) is 0 Å². The van der Waals surface area contributed by atoms with E-state index in [4.69, 9.17) is 4.74 Å². The summed E-state index contributed by atoms with van der Waals surface area (Å²) in [6.07, 6.45) is 1.05. The molecule has 0 spiro atoms. The quantitative estimate of drug-likeness (QED) is 0.666. The number of hydrogen-bond donors (Lipinski definition) is 1. The van der Waals surface area contributed by atoms with Crippen molar-refractivity contribution in [2.45, 2.75) is 6.92 Å². The SMILES string of the molecule is CCOC(=O)NN=Cc1cc2ccccc2n1C. The van der Waals surface area contributed by atoms with Gasteiger partial charge in [0.2, 0.25) is 0 Å². The highest BCUT2D eigenvalue weighted by Gasteiger charge is 2.02. The van der Waals surface area contributed by atoms with E-state index in [0.29, 0.717) is 6.61 Å². The first-order valence-corrected chi connectivity index (χ1v) is 5.72. The van der Waals surface area contributed by atoms with Gasteiger partial charge >= 0.3 is 6.09 Å². The summed E-state index contributed by atoms with van der Waals surface area (Å²) in [5.41, 5.74) is 4.33. The molecule has 0 fully saturated rings. The van der Waals surface area contributed by atoms with Gasteiger partial charge in [0.15, 0.2) is 0 Å². The van der Waals surface area contributed by atoms with Crippen molar-refractivity contribution in [2.24, 2.45) is 12.1 Å². The Balaban J connectivity index is 2.14. The van der Waals surface area contributed by atoms with Gasteiger partial charge in [-0.05, 0) is 19.1 Å². The average molecular weight is 245 g/mol. The second-order valence-electron chi connectivity index (χ2n) is 3.78. The van der Waals surface area contributed by atoms with E-state index in [2.05, 4.69) is 10.5 Å². The van der Waals surface area contributed by atoms with Crippen molar-refractivity contribution < 1.29 is 9.53 Å². The highest BCUT2D eigenvalue weighted by Crippen LogP contribution is 2.16. The molecule has 0 radical (unpaired) electrons. The summed E-state index contributed by atoms with van der Waals surface area (Å²) in [6.45, 7) is 2.07. The number of amides is 1.